The highest BCUT2D eigenvalue weighted by atomic mass is 32.1. The third kappa shape index (κ3) is 3.82. The van der Waals surface area contributed by atoms with Gasteiger partial charge in [0.25, 0.3) is 11.8 Å². The lowest BCUT2D eigenvalue weighted by Gasteiger charge is -2.36. The number of thiophene rings is 1. The second kappa shape index (κ2) is 8.21. The van der Waals surface area contributed by atoms with E-state index in [2.05, 4.69) is 16.4 Å². The molecule has 2 amide bonds. The van der Waals surface area contributed by atoms with E-state index < -0.39 is 0 Å². The fourth-order valence-corrected chi connectivity index (χ4v) is 5.19. The van der Waals surface area contributed by atoms with Crippen LogP contribution in [0.5, 0.6) is 0 Å². The van der Waals surface area contributed by atoms with Crippen molar-refractivity contribution in [1.29, 1.82) is 0 Å². The number of carbonyl (C=O) groups excluding carboxylic acids is 2. The summed E-state index contributed by atoms with van der Waals surface area (Å²) in [5.41, 5.74) is 7.24. The maximum atomic E-state index is 13.2. The lowest BCUT2D eigenvalue weighted by molar-refractivity contribution is 0.0613. The number of aromatic nitrogens is 1. The number of nitrogens with two attached hydrogens (primary N) is 1. The molecule has 0 aliphatic carbocycles. The first-order chi connectivity index (χ1) is 14.1. The van der Waals surface area contributed by atoms with Crippen molar-refractivity contribution < 1.29 is 9.59 Å². The average Bonchev–Trinajstić information content (AvgIpc) is 3.12. The summed E-state index contributed by atoms with van der Waals surface area (Å²) in [5.74, 6) is 0.303. The highest BCUT2D eigenvalue weighted by molar-refractivity contribution is 7.21. The Morgan fingerprint density at radius 1 is 1.24 bits per heavy atom. The molecule has 0 saturated carbocycles. The van der Waals surface area contributed by atoms with E-state index in [0.717, 1.165) is 39.8 Å². The summed E-state index contributed by atoms with van der Waals surface area (Å²) in [5, 5.41) is 3.86. The molecule has 1 aromatic carbocycles. The third-order valence-corrected chi connectivity index (χ3v) is 6.70. The molecule has 1 aliphatic rings. The van der Waals surface area contributed by atoms with Crippen molar-refractivity contribution in [3.8, 4) is 0 Å². The smallest absolute Gasteiger partial charge is 0.261 e. The molecular weight excluding hydrogens is 384 g/mol. The summed E-state index contributed by atoms with van der Waals surface area (Å²) in [6.07, 6.45) is 5.19. The Morgan fingerprint density at radius 3 is 2.83 bits per heavy atom. The summed E-state index contributed by atoms with van der Waals surface area (Å²) < 4.78 is 1.09. The summed E-state index contributed by atoms with van der Waals surface area (Å²) in [6, 6.07) is 11.5. The molecule has 3 N–H and O–H groups in total. The quantitative estimate of drug-likeness (QED) is 0.692. The van der Waals surface area contributed by atoms with Gasteiger partial charge < -0.3 is 16.0 Å². The number of hydrogen-bond donors (Lipinski definition) is 2. The predicted octanol–water partition coefficient (Wildman–Crippen LogP) is 3.48. The largest absolute Gasteiger partial charge is 0.384 e. The highest BCUT2D eigenvalue weighted by Crippen LogP contribution is 2.34. The number of hydrogen-bond acceptors (Lipinski definition) is 5. The minimum absolute atomic E-state index is 0.0248. The van der Waals surface area contributed by atoms with Crippen LogP contribution in [-0.4, -0.2) is 41.3 Å². The molecule has 0 bridgehead atoms. The Morgan fingerprint density at radius 2 is 2.07 bits per heavy atom. The molecule has 3 aromatic rings. The number of fused-ring (bicyclic) bond motifs is 1. The molecule has 4 rings (SSSR count). The van der Waals surface area contributed by atoms with Crippen LogP contribution < -0.4 is 11.1 Å². The molecule has 1 aliphatic heterocycles. The molecular formula is C22H24N4O2S. The average molecular weight is 409 g/mol. The van der Waals surface area contributed by atoms with E-state index in [1.807, 2.05) is 23.1 Å². The van der Waals surface area contributed by atoms with Crippen LogP contribution in [-0.2, 0) is 6.42 Å². The second-order valence-electron chi connectivity index (χ2n) is 7.31. The highest BCUT2D eigenvalue weighted by Gasteiger charge is 2.30. The fraction of sp³-hybridized carbons (Fsp3) is 0.318. The number of benzene rings is 1. The van der Waals surface area contributed by atoms with Crippen molar-refractivity contribution in [2.45, 2.75) is 31.7 Å². The number of anilines is 1. The van der Waals surface area contributed by atoms with Gasteiger partial charge in [0, 0.05) is 30.5 Å². The predicted molar refractivity (Wildman–Crippen MR) is 116 cm³/mol. The molecule has 29 heavy (non-hydrogen) atoms. The van der Waals surface area contributed by atoms with Crippen molar-refractivity contribution >= 4 is 39.1 Å². The number of carbonyl (C=O) groups is 2. The molecule has 2 aromatic heterocycles. The van der Waals surface area contributed by atoms with Gasteiger partial charge in [0.05, 0.1) is 10.4 Å². The Hall–Kier alpha value is -2.93. The molecule has 1 saturated heterocycles. The first-order valence-electron chi connectivity index (χ1n) is 9.83. The minimum atomic E-state index is -0.0716. The van der Waals surface area contributed by atoms with Crippen molar-refractivity contribution in [2.75, 3.05) is 19.3 Å². The van der Waals surface area contributed by atoms with Crippen molar-refractivity contribution in [3.05, 3.63) is 58.6 Å². The van der Waals surface area contributed by atoms with Crippen LogP contribution in [0.1, 0.15) is 44.9 Å². The number of amides is 2. The van der Waals surface area contributed by atoms with Gasteiger partial charge in [0.1, 0.15) is 5.82 Å². The monoisotopic (exact) mass is 408 g/mol. The Balaban J connectivity index is 1.67. The van der Waals surface area contributed by atoms with Gasteiger partial charge in [0.15, 0.2) is 0 Å². The van der Waals surface area contributed by atoms with Crippen LogP contribution in [0.2, 0.25) is 0 Å². The van der Waals surface area contributed by atoms with E-state index in [9.17, 15) is 9.59 Å². The number of nitrogens with zero attached hydrogens (tertiary/aromatic N) is 2. The van der Waals surface area contributed by atoms with Gasteiger partial charge in [-0.15, -0.1) is 11.3 Å². The summed E-state index contributed by atoms with van der Waals surface area (Å²) >= 11 is 1.51. The zero-order valence-corrected chi connectivity index (χ0v) is 17.2. The van der Waals surface area contributed by atoms with Crippen molar-refractivity contribution in [3.63, 3.8) is 0 Å². The molecule has 6 nitrogen and oxygen atoms in total. The van der Waals surface area contributed by atoms with Gasteiger partial charge in [-0.05, 0) is 54.8 Å². The molecule has 1 fully saturated rings. The Labute approximate surface area is 173 Å². The van der Waals surface area contributed by atoms with Gasteiger partial charge in [-0.3, -0.25) is 9.59 Å². The van der Waals surface area contributed by atoms with Crippen LogP contribution in [0, 0.1) is 0 Å². The number of nitrogen functional groups attached to an aromatic ring is 1. The van der Waals surface area contributed by atoms with Gasteiger partial charge in [-0.2, -0.15) is 0 Å². The zero-order chi connectivity index (χ0) is 20.4. The van der Waals surface area contributed by atoms with Crippen LogP contribution >= 0.6 is 11.3 Å². The van der Waals surface area contributed by atoms with E-state index in [1.54, 1.807) is 25.4 Å². The number of likely N-dealkylation sites (tertiary alicyclic amines) is 1. The molecule has 1 atom stereocenters. The number of rotatable bonds is 4. The SMILES string of the molecule is CNC(=O)c1sc2ccccc2c1C[C@H]1CCCCN1C(=O)c1ccc(N)nc1. The molecule has 0 spiro atoms. The molecule has 0 radical (unpaired) electrons. The van der Waals surface area contributed by atoms with Crippen LogP contribution in [0.3, 0.4) is 0 Å². The zero-order valence-electron chi connectivity index (χ0n) is 16.4. The van der Waals surface area contributed by atoms with Gasteiger partial charge in [-0.1, -0.05) is 18.2 Å². The topological polar surface area (TPSA) is 88.3 Å². The van der Waals surface area contributed by atoms with Crippen molar-refractivity contribution in [1.82, 2.24) is 15.2 Å². The maximum Gasteiger partial charge on any atom is 0.261 e. The normalized spacial score (nSPS) is 16.7. The molecule has 0 unspecified atom stereocenters. The third-order valence-electron chi connectivity index (χ3n) is 5.49. The lowest BCUT2D eigenvalue weighted by Crippen LogP contribution is -2.45. The summed E-state index contributed by atoms with van der Waals surface area (Å²) in [7, 11) is 1.65. The number of pyridine rings is 1. The molecule has 150 valence electrons. The minimum Gasteiger partial charge on any atom is -0.384 e. The van der Waals surface area contributed by atoms with Gasteiger partial charge in [0.2, 0.25) is 0 Å². The summed E-state index contributed by atoms with van der Waals surface area (Å²) in [6.45, 7) is 0.714. The first-order valence-corrected chi connectivity index (χ1v) is 10.6. The number of piperidine rings is 1. The van der Waals surface area contributed by atoms with Crippen LogP contribution in [0.4, 0.5) is 5.82 Å². The molecule has 3 heterocycles. The van der Waals surface area contributed by atoms with E-state index in [0.29, 0.717) is 24.3 Å². The number of nitrogens with one attached hydrogen (secondary N) is 1. The first kappa shape index (κ1) is 19.4. The maximum absolute atomic E-state index is 13.2. The summed E-state index contributed by atoms with van der Waals surface area (Å²) in [4.78, 5) is 32.4. The van der Waals surface area contributed by atoms with Gasteiger partial charge >= 0.3 is 0 Å². The fourth-order valence-electron chi connectivity index (χ4n) is 4.01. The van der Waals surface area contributed by atoms with E-state index in [4.69, 9.17) is 5.73 Å². The van der Waals surface area contributed by atoms with Crippen LogP contribution in [0.25, 0.3) is 10.1 Å². The van der Waals surface area contributed by atoms with E-state index in [1.165, 1.54) is 11.3 Å². The Kier molecular flexibility index (Phi) is 5.49. The van der Waals surface area contributed by atoms with E-state index in [-0.39, 0.29) is 17.9 Å². The van der Waals surface area contributed by atoms with E-state index >= 15 is 0 Å². The van der Waals surface area contributed by atoms with Crippen LogP contribution in [0.15, 0.2) is 42.6 Å². The second-order valence-corrected chi connectivity index (χ2v) is 8.36. The van der Waals surface area contributed by atoms with Crippen molar-refractivity contribution in [2.24, 2.45) is 0 Å². The lowest BCUT2D eigenvalue weighted by atomic mass is 9.93. The Bertz CT molecular complexity index is 1040. The molecule has 7 heteroatoms. The standard InChI is InChI=1S/C22H24N4O2S/c1-24-21(27)20-17(16-7-2-3-8-18(16)29-20)12-15-6-4-5-11-26(15)22(28)14-9-10-19(23)25-13-14/h2-3,7-10,13,15H,4-6,11-12H2,1H3,(H2,23,25)(H,24,27)/t15-/m1/s1. The van der Waals surface area contributed by atoms with Gasteiger partial charge in [-0.25, -0.2) is 4.98 Å².